The Morgan fingerprint density at radius 3 is 2.24 bits per heavy atom. The van der Waals surface area contributed by atoms with E-state index >= 15 is 0 Å². The van der Waals surface area contributed by atoms with Gasteiger partial charge >= 0.3 is 0 Å². The monoisotopic (exact) mass is 222 g/mol. The van der Waals surface area contributed by atoms with Gasteiger partial charge in [0.05, 0.1) is 0 Å². The average Bonchev–Trinajstić information content (AvgIpc) is 2.64. The van der Waals surface area contributed by atoms with Gasteiger partial charge in [0.25, 0.3) is 0 Å². The predicted octanol–water partition coefficient (Wildman–Crippen LogP) is 3.66. The van der Waals surface area contributed by atoms with Gasteiger partial charge in [-0.3, -0.25) is 0 Å². The number of hydrogen-bond acceptors (Lipinski definition) is 1. The molecule has 2 aromatic rings. The number of allylic oxidation sites excluding steroid dienone is 1. The van der Waals surface area contributed by atoms with E-state index in [4.69, 9.17) is 0 Å². The second-order valence-electron chi connectivity index (χ2n) is 4.39. The van der Waals surface area contributed by atoms with Crippen LogP contribution in [0.25, 0.3) is 11.1 Å². The van der Waals surface area contributed by atoms with Crippen molar-refractivity contribution in [2.75, 3.05) is 0 Å². The zero-order valence-electron chi connectivity index (χ0n) is 9.72. The zero-order valence-corrected chi connectivity index (χ0v) is 9.72. The van der Waals surface area contributed by atoms with Crippen molar-refractivity contribution in [1.82, 2.24) is 0 Å². The number of benzene rings is 2. The zero-order chi connectivity index (χ0) is 11.8. The number of rotatable bonds is 1. The molecule has 1 nitrogen and oxygen atoms in total. The van der Waals surface area contributed by atoms with E-state index in [9.17, 15) is 5.11 Å². The van der Waals surface area contributed by atoms with Gasteiger partial charge in [0.2, 0.25) is 0 Å². The van der Waals surface area contributed by atoms with Gasteiger partial charge in [-0.1, -0.05) is 54.6 Å². The van der Waals surface area contributed by atoms with Crippen molar-refractivity contribution in [1.29, 1.82) is 0 Å². The van der Waals surface area contributed by atoms with Crippen LogP contribution in [0.3, 0.4) is 0 Å². The van der Waals surface area contributed by atoms with Crippen LogP contribution in [0.2, 0.25) is 0 Å². The first-order chi connectivity index (χ1) is 8.29. The minimum Gasteiger partial charge on any atom is -0.384 e. The van der Waals surface area contributed by atoms with Crippen LogP contribution >= 0.6 is 0 Å². The van der Waals surface area contributed by atoms with Crippen molar-refractivity contribution in [2.45, 2.75) is 13.0 Å². The predicted molar refractivity (Wildman–Crippen MR) is 70.3 cm³/mol. The molecular formula is C16H14O. The first-order valence-electron chi connectivity index (χ1n) is 5.82. The van der Waals surface area contributed by atoms with E-state index in [2.05, 4.69) is 13.0 Å². The summed E-state index contributed by atoms with van der Waals surface area (Å²) in [6.07, 6.45) is -0.492. The third-order valence-corrected chi connectivity index (χ3v) is 3.42. The fraction of sp³-hybridized carbons (Fsp3) is 0.125. The molecule has 0 saturated heterocycles. The molecule has 0 radical (unpaired) electrons. The summed E-state index contributed by atoms with van der Waals surface area (Å²) in [4.78, 5) is 0. The molecule has 1 heteroatoms. The van der Waals surface area contributed by atoms with Gasteiger partial charge in [-0.2, -0.15) is 0 Å². The van der Waals surface area contributed by atoms with Gasteiger partial charge in [-0.25, -0.2) is 0 Å². The summed E-state index contributed by atoms with van der Waals surface area (Å²) in [7, 11) is 0. The normalized spacial score (nSPS) is 18.4. The van der Waals surface area contributed by atoms with Crippen LogP contribution in [0.4, 0.5) is 0 Å². The van der Waals surface area contributed by atoms with E-state index in [1.807, 2.05) is 48.5 Å². The highest BCUT2D eigenvalue weighted by Gasteiger charge is 2.27. The van der Waals surface area contributed by atoms with Crippen LogP contribution in [0.1, 0.15) is 29.7 Å². The maximum atomic E-state index is 10.4. The van der Waals surface area contributed by atoms with Gasteiger partial charge in [0.1, 0.15) is 6.10 Å². The summed E-state index contributed by atoms with van der Waals surface area (Å²) >= 11 is 0. The number of fused-ring (bicyclic) bond motifs is 1. The Bertz CT molecular complexity index is 581. The number of aliphatic hydroxyl groups excluding tert-OH is 1. The van der Waals surface area contributed by atoms with Crippen LogP contribution < -0.4 is 0 Å². The maximum absolute atomic E-state index is 10.4. The standard InChI is InChI=1S/C16H14O/c1-11-13-9-5-6-10-14(13)16(17)15(11)12-7-3-2-4-8-12/h2-10,16-17H,1H3. The molecule has 0 spiro atoms. The molecule has 0 bridgehead atoms. The lowest BCUT2D eigenvalue weighted by atomic mass is 9.99. The fourth-order valence-corrected chi connectivity index (χ4v) is 2.57. The summed E-state index contributed by atoms with van der Waals surface area (Å²) in [6, 6.07) is 18.2. The second kappa shape index (κ2) is 3.86. The molecule has 84 valence electrons. The largest absolute Gasteiger partial charge is 0.384 e. The molecule has 0 heterocycles. The molecule has 0 aromatic heterocycles. The molecule has 0 aliphatic heterocycles. The lowest BCUT2D eigenvalue weighted by Crippen LogP contribution is -1.96. The van der Waals surface area contributed by atoms with Crippen molar-refractivity contribution in [3.8, 4) is 0 Å². The molecule has 1 unspecified atom stereocenters. The molecule has 3 rings (SSSR count). The van der Waals surface area contributed by atoms with E-state index in [1.165, 1.54) is 11.1 Å². The quantitative estimate of drug-likeness (QED) is 0.780. The topological polar surface area (TPSA) is 20.2 Å². The van der Waals surface area contributed by atoms with E-state index in [1.54, 1.807) is 0 Å². The first-order valence-corrected chi connectivity index (χ1v) is 5.82. The third kappa shape index (κ3) is 1.51. The van der Waals surface area contributed by atoms with Gasteiger partial charge in [-0.05, 0) is 34.8 Å². The molecule has 17 heavy (non-hydrogen) atoms. The summed E-state index contributed by atoms with van der Waals surface area (Å²) < 4.78 is 0. The lowest BCUT2D eigenvalue weighted by molar-refractivity contribution is 0.241. The summed E-state index contributed by atoms with van der Waals surface area (Å²) in [6.45, 7) is 2.08. The smallest absolute Gasteiger partial charge is 0.105 e. The van der Waals surface area contributed by atoms with Crippen molar-refractivity contribution < 1.29 is 5.11 Å². The van der Waals surface area contributed by atoms with Gasteiger partial charge in [-0.15, -0.1) is 0 Å². The molecule has 1 N–H and O–H groups in total. The molecule has 2 aromatic carbocycles. The minimum absolute atomic E-state index is 0.492. The number of aliphatic hydroxyl groups is 1. The Kier molecular flexibility index (Phi) is 2.34. The molecule has 1 aliphatic carbocycles. The molecule has 1 atom stereocenters. The maximum Gasteiger partial charge on any atom is 0.105 e. The number of hydrogen-bond donors (Lipinski definition) is 1. The first kappa shape index (κ1) is 10.3. The molecular weight excluding hydrogens is 208 g/mol. The van der Waals surface area contributed by atoms with Crippen molar-refractivity contribution >= 4 is 11.1 Å². The van der Waals surface area contributed by atoms with E-state index in [-0.39, 0.29) is 0 Å². The summed E-state index contributed by atoms with van der Waals surface area (Å²) in [5, 5.41) is 10.4. The Balaban J connectivity index is 2.18. The highest BCUT2D eigenvalue weighted by atomic mass is 16.3. The van der Waals surface area contributed by atoms with Crippen molar-refractivity contribution in [3.63, 3.8) is 0 Å². The van der Waals surface area contributed by atoms with Crippen molar-refractivity contribution in [3.05, 3.63) is 71.3 Å². The Morgan fingerprint density at radius 2 is 1.53 bits per heavy atom. The van der Waals surface area contributed by atoms with Crippen molar-refractivity contribution in [2.24, 2.45) is 0 Å². The molecule has 0 fully saturated rings. The lowest BCUT2D eigenvalue weighted by Gasteiger charge is -2.10. The minimum atomic E-state index is -0.492. The van der Waals surface area contributed by atoms with Crippen LogP contribution in [0, 0.1) is 0 Å². The van der Waals surface area contributed by atoms with Gasteiger partial charge in [0, 0.05) is 0 Å². The fourth-order valence-electron chi connectivity index (χ4n) is 2.57. The average molecular weight is 222 g/mol. The van der Waals surface area contributed by atoms with Crippen LogP contribution in [-0.2, 0) is 0 Å². The van der Waals surface area contributed by atoms with Gasteiger partial charge in [0.15, 0.2) is 0 Å². The Labute approximate surface area is 101 Å². The molecule has 0 amide bonds. The third-order valence-electron chi connectivity index (χ3n) is 3.42. The summed E-state index contributed by atoms with van der Waals surface area (Å²) in [5.41, 5.74) is 5.50. The highest BCUT2D eigenvalue weighted by Crippen LogP contribution is 2.44. The van der Waals surface area contributed by atoms with E-state index in [0.717, 1.165) is 16.7 Å². The Hall–Kier alpha value is -1.86. The molecule has 1 aliphatic rings. The summed E-state index contributed by atoms with van der Waals surface area (Å²) in [5.74, 6) is 0. The SMILES string of the molecule is CC1=C(c2ccccc2)C(O)c2ccccc21. The molecule has 0 saturated carbocycles. The van der Waals surface area contributed by atoms with E-state index in [0.29, 0.717) is 0 Å². The van der Waals surface area contributed by atoms with Crippen LogP contribution in [0.15, 0.2) is 54.6 Å². The van der Waals surface area contributed by atoms with Gasteiger partial charge < -0.3 is 5.11 Å². The Morgan fingerprint density at radius 1 is 0.882 bits per heavy atom. The second-order valence-corrected chi connectivity index (χ2v) is 4.39. The van der Waals surface area contributed by atoms with Crippen LogP contribution in [-0.4, -0.2) is 5.11 Å². The van der Waals surface area contributed by atoms with E-state index < -0.39 is 6.10 Å². The highest BCUT2D eigenvalue weighted by molar-refractivity contribution is 5.97. The van der Waals surface area contributed by atoms with Crippen LogP contribution in [0.5, 0.6) is 0 Å².